The van der Waals surface area contributed by atoms with Crippen LogP contribution in [0.3, 0.4) is 0 Å². The zero-order chi connectivity index (χ0) is 27.2. The van der Waals surface area contributed by atoms with Crippen molar-refractivity contribution in [1.82, 2.24) is 0 Å². The van der Waals surface area contributed by atoms with Crippen LogP contribution >= 0.6 is 23.2 Å². The van der Waals surface area contributed by atoms with Crippen molar-refractivity contribution in [3.05, 3.63) is 92.8 Å². The van der Waals surface area contributed by atoms with Gasteiger partial charge in [0.15, 0.2) is 5.75 Å². The van der Waals surface area contributed by atoms with Gasteiger partial charge < -0.3 is 24.7 Å². The summed E-state index contributed by atoms with van der Waals surface area (Å²) >= 11 is 12.6. The highest BCUT2D eigenvalue weighted by molar-refractivity contribution is 6.37. The minimum Gasteiger partial charge on any atom is -0.494 e. The lowest BCUT2D eigenvalue weighted by Crippen LogP contribution is -2.21. The number of carbonyl (C=O) groups is 1. The number of fused-ring (bicyclic) bond motifs is 1. The number of unbranched alkanes of at least 4 members (excludes halogenated alkanes) is 1. The molecule has 1 unspecified atom stereocenters. The van der Waals surface area contributed by atoms with Gasteiger partial charge in [-0.25, -0.2) is 4.79 Å². The van der Waals surface area contributed by atoms with Gasteiger partial charge >= 0.3 is 5.97 Å². The number of hydrogen-bond donors (Lipinski definition) is 1. The summed E-state index contributed by atoms with van der Waals surface area (Å²) in [7, 11) is 0. The first kappa shape index (κ1) is 27.2. The minimum atomic E-state index is -0.660. The number of nitriles is 1. The van der Waals surface area contributed by atoms with Gasteiger partial charge in [-0.05, 0) is 49.2 Å². The zero-order valence-electron chi connectivity index (χ0n) is 20.9. The van der Waals surface area contributed by atoms with Crippen LogP contribution in [0.15, 0.2) is 66.1 Å². The van der Waals surface area contributed by atoms with Gasteiger partial charge in [-0.1, -0.05) is 54.7 Å². The van der Waals surface area contributed by atoms with Crippen LogP contribution in [0.5, 0.6) is 23.0 Å². The first-order valence-electron chi connectivity index (χ1n) is 12.1. The van der Waals surface area contributed by atoms with Crippen LogP contribution in [0.2, 0.25) is 10.0 Å². The lowest BCUT2D eigenvalue weighted by molar-refractivity contribution is 0.0734. The van der Waals surface area contributed by atoms with Crippen molar-refractivity contribution in [1.29, 1.82) is 5.26 Å². The zero-order valence-corrected chi connectivity index (χ0v) is 22.4. The predicted octanol–water partition coefficient (Wildman–Crippen LogP) is 7.01. The summed E-state index contributed by atoms with van der Waals surface area (Å²) in [4.78, 5) is 12.9. The van der Waals surface area contributed by atoms with Crippen molar-refractivity contribution in [3.63, 3.8) is 0 Å². The lowest BCUT2D eigenvalue weighted by Gasteiger charge is -2.27. The van der Waals surface area contributed by atoms with Crippen LogP contribution < -0.4 is 24.7 Å². The summed E-state index contributed by atoms with van der Waals surface area (Å²) in [6.45, 7) is 4.92. The third kappa shape index (κ3) is 5.83. The molecule has 0 aliphatic carbocycles. The molecule has 0 fully saturated rings. The van der Waals surface area contributed by atoms with Gasteiger partial charge in [-0.2, -0.15) is 5.26 Å². The Morgan fingerprint density at radius 1 is 1.05 bits per heavy atom. The Balaban J connectivity index is 1.60. The van der Waals surface area contributed by atoms with Gasteiger partial charge in [0.25, 0.3) is 0 Å². The van der Waals surface area contributed by atoms with Crippen molar-refractivity contribution >= 4 is 29.2 Å². The molecule has 0 saturated heterocycles. The second kappa shape index (κ2) is 12.1. The Hall–Kier alpha value is -3.86. The molecule has 0 bridgehead atoms. The summed E-state index contributed by atoms with van der Waals surface area (Å²) in [5.41, 5.74) is 8.07. The van der Waals surface area contributed by atoms with E-state index in [0.29, 0.717) is 36.0 Å². The fourth-order valence-electron chi connectivity index (χ4n) is 4.09. The van der Waals surface area contributed by atoms with Crippen molar-refractivity contribution in [2.75, 3.05) is 13.2 Å². The predicted molar refractivity (Wildman–Crippen MR) is 145 cm³/mol. The molecule has 0 spiro atoms. The highest BCUT2D eigenvalue weighted by Crippen LogP contribution is 2.44. The summed E-state index contributed by atoms with van der Waals surface area (Å²) in [6.07, 6.45) is 1.81. The maximum atomic E-state index is 12.9. The summed E-state index contributed by atoms with van der Waals surface area (Å²) in [5.74, 6) is 0.439. The number of nitrogens with zero attached hydrogens (tertiary/aromatic N) is 1. The molecule has 7 nitrogen and oxygen atoms in total. The van der Waals surface area contributed by atoms with E-state index in [9.17, 15) is 10.1 Å². The van der Waals surface area contributed by atoms with Crippen LogP contribution in [0.25, 0.3) is 0 Å². The van der Waals surface area contributed by atoms with E-state index in [-0.39, 0.29) is 32.8 Å². The first-order chi connectivity index (χ1) is 18.4. The minimum absolute atomic E-state index is 0.0208. The van der Waals surface area contributed by atoms with E-state index in [1.807, 2.05) is 38.1 Å². The Bertz CT molecular complexity index is 1410. The lowest BCUT2D eigenvalue weighted by atomic mass is 9.83. The molecule has 1 heterocycles. The van der Waals surface area contributed by atoms with E-state index in [4.69, 9.17) is 47.9 Å². The number of carbonyl (C=O) groups excluding carboxylic acids is 1. The molecule has 9 heteroatoms. The molecule has 196 valence electrons. The Kier molecular flexibility index (Phi) is 8.67. The number of halogens is 2. The van der Waals surface area contributed by atoms with Crippen molar-refractivity contribution in [3.8, 4) is 29.1 Å². The first-order valence-corrected chi connectivity index (χ1v) is 12.9. The number of hydrogen-bond acceptors (Lipinski definition) is 7. The molecule has 2 N–H and O–H groups in total. The molecule has 3 aromatic rings. The molecule has 3 aromatic carbocycles. The van der Waals surface area contributed by atoms with E-state index in [2.05, 4.69) is 6.07 Å². The molecular formula is C29H26Cl2N2O5. The van der Waals surface area contributed by atoms with Crippen molar-refractivity contribution in [2.45, 2.75) is 32.6 Å². The van der Waals surface area contributed by atoms with E-state index in [1.165, 1.54) is 12.1 Å². The Morgan fingerprint density at radius 3 is 2.50 bits per heavy atom. The van der Waals surface area contributed by atoms with Crippen LogP contribution in [-0.2, 0) is 0 Å². The van der Waals surface area contributed by atoms with Crippen LogP contribution in [0.1, 0.15) is 54.1 Å². The fraction of sp³-hybridized carbons (Fsp3) is 0.241. The molecule has 0 saturated carbocycles. The highest BCUT2D eigenvalue weighted by Gasteiger charge is 2.31. The number of nitrogens with two attached hydrogens (primary N) is 1. The monoisotopic (exact) mass is 552 g/mol. The fourth-order valence-corrected chi connectivity index (χ4v) is 4.69. The summed E-state index contributed by atoms with van der Waals surface area (Å²) in [6, 6.07) is 17.4. The van der Waals surface area contributed by atoms with Gasteiger partial charge in [0.05, 0.1) is 34.7 Å². The molecular weight excluding hydrogens is 527 g/mol. The molecule has 38 heavy (non-hydrogen) atoms. The maximum absolute atomic E-state index is 12.9. The van der Waals surface area contributed by atoms with E-state index in [0.717, 1.165) is 18.4 Å². The maximum Gasteiger partial charge on any atom is 0.343 e. The average molecular weight is 553 g/mol. The van der Waals surface area contributed by atoms with Crippen LogP contribution in [0, 0.1) is 11.3 Å². The van der Waals surface area contributed by atoms with Crippen LogP contribution in [0.4, 0.5) is 0 Å². The number of allylic oxidation sites excluding steroid dienone is 1. The number of benzene rings is 3. The second-order valence-electron chi connectivity index (χ2n) is 8.49. The van der Waals surface area contributed by atoms with Crippen molar-refractivity contribution in [2.24, 2.45) is 5.73 Å². The highest BCUT2D eigenvalue weighted by atomic mass is 35.5. The largest absolute Gasteiger partial charge is 0.494 e. The molecule has 1 aliphatic heterocycles. The normalized spacial score (nSPS) is 14.2. The number of ether oxygens (including phenoxy) is 4. The average Bonchev–Trinajstić information content (AvgIpc) is 2.89. The molecule has 0 amide bonds. The van der Waals surface area contributed by atoms with Gasteiger partial charge in [0.2, 0.25) is 5.88 Å². The van der Waals surface area contributed by atoms with E-state index < -0.39 is 11.9 Å². The SMILES string of the molecule is CCCCOc1c(Cl)cc(C(=O)Oc2ccc3c(c2)OC(N)=C(C#N)C3c2cccc(OCC)c2)cc1Cl. The topological polar surface area (TPSA) is 104 Å². The van der Waals surface area contributed by atoms with Crippen LogP contribution in [-0.4, -0.2) is 19.2 Å². The molecule has 0 radical (unpaired) electrons. The Labute approximate surface area is 231 Å². The third-order valence-electron chi connectivity index (χ3n) is 5.88. The quantitative estimate of drug-likeness (QED) is 0.173. The standard InChI is InChI=1S/C29H26Cl2N2O5/c1-3-5-11-36-27-23(30)13-18(14-24(27)31)29(34)37-20-9-10-21-25(15-20)38-28(33)22(16-32)26(21)17-7-6-8-19(12-17)35-4-2/h6-10,12-15,26H,3-5,11,33H2,1-2H3. The number of rotatable bonds is 9. The van der Waals surface area contributed by atoms with E-state index in [1.54, 1.807) is 18.2 Å². The third-order valence-corrected chi connectivity index (χ3v) is 6.44. The molecule has 1 aliphatic rings. The van der Waals surface area contributed by atoms with Crippen molar-refractivity contribution < 1.29 is 23.7 Å². The van der Waals surface area contributed by atoms with Gasteiger partial charge in [0.1, 0.15) is 28.9 Å². The molecule has 4 rings (SSSR count). The Morgan fingerprint density at radius 2 is 1.82 bits per heavy atom. The number of esters is 1. The summed E-state index contributed by atoms with van der Waals surface area (Å²) in [5, 5.41) is 10.2. The van der Waals surface area contributed by atoms with Gasteiger partial charge in [-0.3, -0.25) is 0 Å². The molecule has 0 aromatic heterocycles. The molecule has 1 atom stereocenters. The second-order valence-corrected chi connectivity index (χ2v) is 9.30. The summed E-state index contributed by atoms with van der Waals surface area (Å²) < 4.78 is 22.6. The van der Waals surface area contributed by atoms with Gasteiger partial charge in [-0.15, -0.1) is 0 Å². The smallest absolute Gasteiger partial charge is 0.343 e. The van der Waals surface area contributed by atoms with E-state index >= 15 is 0 Å². The van der Waals surface area contributed by atoms with Gasteiger partial charge in [0, 0.05) is 11.6 Å².